The van der Waals surface area contributed by atoms with Crippen molar-refractivity contribution < 1.29 is 76.0 Å². The van der Waals surface area contributed by atoms with E-state index in [1.807, 2.05) is 6.92 Å². The number of ether oxygens (including phenoxy) is 5. The van der Waals surface area contributed by atoms with Crippen molar-refractivity contribution in [1.82, 2.24) is 9.97 Å². The monoisotopic (exact) mass is 2660 g/mol. The number of benzene rings is 3. The van der Waals surface area contributed by atoms with Crippen LogP contribution in [-0.4, -0.2) is 236 Å². The Balaban J connectivity index is -0.000000214. The van der Waals surface area contributed by atoms with Crippen molar-refractivity contribution in [3.05, 3.63) is 116 Å². The van der Waals surface area contributed by atoms with E-state index in [1.165, 1.54) is 315 Å². The van der Waals surface area contributed by atoms with E-state index in [9.17, 15) is 8.42 Å². The summed E-state index contributed by atoms with van der Waals surface area (Å²) in [5.41, 5.74) is 5.99. The Morgan fingerprint density at radius 2 is 0.736 bits per heavy atom. The minimum absolute atomic E-state index is 0. The molecule has 4 aromatic rings. The van der Waals surface area contributed by atoms with Gasteiger partial charge in [0.1, 0.15) is 0 Å². The number of unbranched alkanes of at least 4 members (excludes halogenated alkanes) is 33. The van der Waals surface area contributed by atoms with Gasteiger partial charge >= 0.3 is 589 Å². The van der Waals surface area contributed by atoms with E-state index in [-0.39, 0.29) is 107 Å². The standard InChI is InChI=1S/C35H52GeN2O.C18H32GeO3S.C16H34GeO2.C12H23BrO2.C11H26GeO.C7H15BrO.C6H10.C4H11ClGe.C3H9Ge.CH3.BrH.ClH.Cu.2Mg.2H/c1-5-6-7-8-11-14-17-30-18-20-31(21-19-30)32-22-24-33(25-23-32)35-37-28-34(29-38-35)39-27-16-13-10-9-12-15-26-36(2,3)4;1-17-11-13-18(14-12-17)23(20,21)22-16-10-8-6-5-7-9-15-19(2,3)4;1-17(2,3)13-9-6-4-5-7-10-14-18-16-12-8-11-15-19-16;13-9-5-2-1-3-6-10-14-12-8-4-7-11-15-12;1-12(2,3)10-8-6-4-5-7-9-11-13;8-6-4-2-1-3-5-7-9;1-2-4-6-5-3-1;1-6(2,3)4-5;1-4(2)3;;;;;;;;/h18-25,28-29H,5-17,26-27H2,1-4H3;11-14H,5-10,15-16H2,1-4H3;16H,4-15H2,1-3H3;12H,1-11H2;13H,4-11H2,1-3H3;9H,1-7H2;1-2H,3-6H2;4H2,1-3H3;1-3H3;1H3;2*1H;;;;;/q;;;;;;;;;-1;;;+1;2*+2;2*-1/p-2. The molecule has 2 aliphatic heterocycles. The normalized spacial score (nSPS) is 13.9. The first kappa shape index (κ1) is 156. The summed E-state index contributed by atoms with van der Waals surface area (Å²) in [4.78, 5) is 9.35. The molecule has 0 spiro atoms. The van der Waals surface area contributed by atoms with Gasteiger partial charge in [-0.25, -0.2) is 0 Å². The number of aliphatic hydroxyl groups excluding tert-OH is 2. The van der Waals surface area contributed by atoms with E-state index in [0.29, 0.717) is 13.2 Å². The molecule has 2 N–H and O–H groups in total. The zero-order valence-corrected chi connectivity index (χ0v) is 118. The fourth-order valence-electron chi connectivity index (χ4n) is 14.7. The van der Waals surface area contributed by atoms with E-state index in [1.54, 1.807) is 41.9 Å². The number of allylic oxidation sites excluding steroid dienone is 2. The van der Waals surface area contributed by atoms with Crippen molar-refractivity contribution in [3.8, 4) is 28.3 Å². The van der Waals surface area contributed by atoms with Crippen LogP contribution in [0.4, 0.5) is 0 Å². The Morgan fingerprint density at radius 1 is 0.429 bits per heavy atom. The van der Waals surface area contributed by atoms with Crippen LogP contribution in [-0.2, 0) is 53.9 Å². The van der Waals surface area contributed by atoms with Crippen molar-refractivity contribution in [2.24, 2.45) is 0 Å². The van der Waals surface area contributed by atoms with Crippen LogP contribution in [0.1, 0.15) is 342 Å². The molecule has 2 saturated heterocycles. The van der Waals surface area contributed by atoms with Gasteiger partial charge in [-0.05, 0) is 114 Å². The molecule has 27 heteroatoms. The molecule has 1 aliphatic carbocycles. The maximum atomic E-state index is 12.0. The summed E-state index contributed by atoms with van der Waals surface area (Å²) in [6, 6.07) is 24.4. The van der Waals surface area contributed by atoms with Crippen molar-refractivity contribution in [3.63, 3.8) is 0 Å². The third kappa shape index (κ3) is 115. The number of aromatic nitrogens is 2. The predicted molar refractivity (Wildman–Crippen MR) is 644 cm³/mol. The summed E-state index contributed by atoms with van der Waals surface area (Å²) in [7, 11) is -3.59. The molecule has 2 fully saturated rings. The fourth-order valence-corrected chi connectivity index (χ4v) is 27.4. The molecular formula is C113H217Br3Cl2CuGe6Mg2N2O10S. The molecule has 140 heavy (non-hydrogen) atoms. The second-order valence-corrected chi connectivity index (χ2v) is 114. The van der Waals surface area contributed by atoms with Crippen LogP contribution in [0.25, 0.3) is 22.5 Å². The van der Waals surface area contributed by atoms with Crippen LogP contribution in [0.3, 0.4) is 0 Å². The number of nitrogens with zero attached hydrogens (tertiary/aromatic N) is 2. The van der Waals surface area contributed by atoms with Gasteiger partial charge in [-0.3, -0.25) is 0 Å². The summed E-state index contributed by atoms with van der Waals surface area (Å²) in [6.07, 6.45) is 73.4. The van der Waals surface area contributed by atoms with Crippen LogP contribution in [0, 0.1) is 14.4 Å². The first-order valence-corrected chi connectivity index (χ1v) is 106. The molecule has 0 saturated carbocycles. The topological polar surface area (TPSA) is 156 Å². The molecule has 3 aromatic carbocycles. The van der Waals surface area contributed by atoms with Crippen LogP contribution >= 0.6 is 57.6 Å². The number of hydrogen-bond donors (Lipinski definition) is 2. The van der Waals surface area contributed by atoms with Gasteiger partial charge < -0.3 is 37.3 Å². The summed E-state index contributed by atoms with van der Waals surface area (Å²) < 4.78 is 58.4. The summed E-state index contributed by atoms with van der Waals surface area (Å²) in [6.45, 7) is 9.50. The van der Waals surface area contributed by atoms with Gasteiger partial charge in [-0.2, -0.15) is 0 Å². The van der Waals surface area contributed by atoms with Gasteiger partial charge in [-0.15, -0.1) is 0 Å². The maximum absolute atomic E-state index is 12.0. The van der Waals surface area contributed by atoms with Gasteiger partial charge in [0.2, 0.25) is 0 Å². The summed E-state index contributed by atoms with van der Waals surface area (Å²) in [5, 5.41) is 25.3. The van der Waals surface area contributed by atoms with Crippen LogP contribution in [0.2, 0.25) is 125 Å². The Kier molecular flexibility index (Phi) is 120. The average molecular weight is 2650 g/mol. The Hall–Kier alpha value is 3.28. The molecular weight excluding hydrogens is 2440 g/mol. The van der Waals surface area contributed by atoms with E-state index >= 15 is 0 Å². The van der Waals surface area contributed by atoms with E-state index in [2.05, 4.69) is 241 Å². The van der Waals surface area contributed by atoms with Crippen LogP contribution < -0.4 is 17.1 Å². The zero-order valence-electron chi connectivity index (χ0n) is 96.1. The quantitative estimate of drug-likeness (QED) is 0.0108. The van der Waals surface area contributed by atoms with Crippen molar-refractivity contribution in [1.29, 1.82) is 0 Å². The van der Waals surface area contributed by atoms with E-state index < -0.39 is 76.4 Å². The van der Waals surface area contributed by atoms with Gasteiger partial charge in [0.05, 0.1) is 0 Å². The second kappa shape index (κ2) is 108. The number of hydrogen-bond acceptors (Lipinski definition) is 12. The number of rotatable bonds is 63. The minimum atomic E-state index is -3.59. The molecule has 2 atom stereocenters. The molecule has 12 nitrogen and oxygen atoms in total. The number of aryl methyl sites for hydroxylation is 2. The third-order valence-electron chi connectivity index (χ3n) is 23.0. The number of halogens is 5. The molecule has 3 aliphatic rings. The molecule has 819 valence electrons. The van der Waals surface area contributed by atoms with E-state index in [4.69, 9.17) is 49.7 Å². The summed E-state index contributed by atoms with van der Waals surface area (Å²) >= 11 is 12.1. The Labute approximate surface area is 964 Å². The van der Waals surface area contributed by atoms with Gasteiger partial charge in [0.25, 0.3) is 0 Å². The number of aliphatic hydroxyl groups is 2. The molecule has 7 rings (SSSR count). The molecule has 2 unspecified atom stereocenters. The third-order valence-corrected chi connectivity index (χ3v) is 46.9. The second-order valence-electron chi connectivity index (χ2n) is 44.3. The SMILES string of the molecule is BrCCCCCCCOC1CCCCO1.C1=CCCCC1.CCCCCCCCc1ccc(-c2ccc(-c3ncc(OCCCCCCC[CH2][Ge]([CH3])([CH3])[CH3])cn3)cc2)cc1.Cc1ccc(S(=O)(=O)OCCCCCCC[CH2][Ge]([CH3])([CH3])[CH3])cc1.OCCCCCCCBr.[CH3-].[CH3][Ge]([CH3])([CH3])[CH2]CCCCCCCO.[CH3][Ge]([CH3])([CH3])[CH2]CCCCCCCOC1CCCCO1.[CH3][Ge]([CH3])([CH3])[CH2]Cl.[CH3][Ge]([CH3])[CH3].[Cl-].[Cu][Br].[H-].[H-].[Mg+2].[Mg+2]. The van der Waals surface area contributed by atoms with Crippen molar-refractivity contribution in [2.75, 3.05) is 68.2 Å². The van der Waals surface area contributed by atoms with Crippen molar-refractivity contribution in [2.45, 2.75) is 483 Å². The van der Waals surface area contributed by atoms with Crippen molar-refractivity contribution >= 4 is 194 Å². The Morgan fingerprint density at radius 3 is 1.05 bits per heavy atom. The number of alkyl halides is 3. The van der Waals surface area contributed by atoms with Gasteiger partial charge in [-0.1, -0.05) is 188 Å². The molecule has 1 radical (unpaired) electrons. The first-order valence-electron chi connectivity index (χ1n) is 54.4. The van der Waals surface area contributed by atoms with Gasteiger partial charge in [0, 0.05) is 36.0 Å². The predicted octanol–water partition coefficient (Wildman–Crippen LogP) is 34.6. The molecule has 3 heterocycles. The van der Waals surface area contributed by atoms with E-state index in [0.717, 1.165) is 116 Å². The molecule has 0 amide bonds. The van der Waals surface area contributed by atoms with Crippen LogP contribution in [0.15, 0.2) is 102 Å². The maximum Gasteiger partial charge on any atom is 2.00 e. The zero-order chi connectivity index (χ0) is 102. The molecule has 0 bridgehead atoms. The van der Waals surface area contributed by atoms with Crippen LogP contribution in [0.5, 0.6) is 5.75 Å². The molecule has 1 aromatic heterocycles. The largest absolute Gasteiger partial charge is 2.00 e. The van der Waals surface area contributed by atoms with Gasteiger partial charge in [0.15, 0.2) is 12.1 Å². The smallest absolute Gasteiger partial charge is 1.00 e. The average Bonchev–Trinajstić information content (AvgIpc) is 0.831. The minimum Gasteiger partial charge on any atom is -1.00 e. The first-order chi connectivity index (χ1) is 64.9. The Bertz CT molecular complexity index is 3330. The summed E-state index contributed by atoms with van der Waals surface area (Å²) in [5.74, 6) is 45.4. The fraction of sp³-hybridized carbons (Fsp3) is 0.779.